The molecule has 1 aliphatic carbocycles. The van der Waals surface area contributed by atoms with Gasteiger partial charge < -0.3 is 47.4 Å². The average molecular weight is 936 g/mol. The van der Waals surface area contributed by atoms with Crippen molar-refractivity contribution in [3.63, 3.8) is 0 Å². The molecule has 68 heavy (non-hydrogen) atoms. The standard InChI is InChI=1S/C53H77N9O6/c1-30(2)32(5)58-50(66)43(57-33(6)45(55-12)31(3)4)24-25-56-48(64)38-22-20-37-27-39(23-21-36(37)26-38)49(65)59-40-28-44(51(67)60-42-19-15-17-35-16-13-14-18-41(35)42)62(29-40)52(68)46(53(8,9)10)61-47(63)34(7)54-11/h13-14,16,18,20-23,26-27,30-32,34,40,42-46,54-55,57H,6,15,17,19,24-25,28-29H2,1-5,7-12H3,(H,56,64)(H,58,66)(H,59,65)(H,60,67)(H,61,63)/t32?,34-,40-,42?,43-,44-,45?,46?/m0/s1. The van der Waals surface area contributed by atoms with Gasteiger partial charge in [0.15, 0.2) is 0 Å². The lowest BCUT2D eigenvalue weighted by atomic mass is 9.85. The lowest BCUT2D eigenvalue weighted by Crippen LogP contribution is -2.59. The van der Waals surface area contributed by atoms with Gasteiger partial charge in [0.1, 0.15) is 18.1 Å². The Labute approximate surface area is 403 Å². The number of carbonyl (C=O) groups is 6. The maximum Gasteiger partial charge on any atom is 0.251 e. The van der Waals surface area contributed by atoms with E-state index in [1.165, 1.54) is 10.5 Å². The Morgan fingerprint density at radius 2 is 1.41 bits per heavy atom. The first-order valence-corrected chi connectivity index (χ1v) is 24.4. The maximum absolute atomic E-state index is 14.6. The fraction of sp³-hybridized carbons (Fsp3) is 0.547. The zero-order chi connectivity index (χ0) is 50.0. The van der Waals surface area contributed by atoms with Crippen LogP contribution in [0.5, 0.6) is 0 Å². The summed E-state index contributed by atoms with van der Waals surface area (Å²) in [7, 11) is 3.53. The molecule has 5 rings (SSSR count). The number of likely N-dealkylation sites (N-methyl/N-ethyl adjacent to an activating group) is 2. The Morgan fingerprint density at radius 1 is 0.765 bits per heavy atom. The molecule has 2 aliphatic rings. The van der Waals surface area contributed by atoms with Crippen molar-refractivity contribution in [2.75, 3.05) is 27.2 Å². The van der Waals surface area contributed by atoms with Crippen molar-refractivity contribution in [2.24, 2.45) is 17.3 Å². The number of hydrogen-bond acceptors (Lipinski definition) is 9. The van der Waals surface area contributed by atoms with Gasteiger partial charge >= 0.3 is 0 Å². The zero-order valence-electron chi connectivity index (χ0n) is 42.1. The van der Waals surface area contributed by atoms with Gasteiger partial charge in [-0.25, -0.2) is 0 Å². The van der Waals surface area contributed by atoms with Crippen LogP contribution in [0.25, 0.3) is 10.8 Å². The van der Waals surface area contributed by atoms with E-state index in [9.17, 15) is 28.8 Å². The van der Waals surface area contributed by atoms with Crippen LogP contribution in [0.1, 0.15) is 126 Å². The van der Waals surface area contributed by atoms with Crippen LogP contribution < -0.4 is 42.5 Å². The van der Waals surface area contributed by atoms with Crippen molar-refractivity contribution in [1.82, 2.24) is 47.4 Å². The molecule has 370 valence electrons. The monoisotopic (exact) mass is 936 g/mol. The second-order valence-electron chi connectivity index (χ2n) is 20.5. The molecule has 8 atom stereocenters. The minimum Gasteiger partial charge on any atom is -0.376 e. The molecule has 3 aromatic rings. The predicted molar refractivity (Wildman–Crippen MR) is 269 cm³/mol. The highest BCUT2D eigenvalue weighted by Gasteiger charge is 2.46. The van der Waals surface area contributed by atoms with Crippen LogP contribution in [-0.4, -0.2) is 110 Å². The third-order valence-electron chi connectivity index (χ3n) is 13.6. The molecular weight excluding hydrogens is 859 g/mol. The van der Waals surface area contributed by atoms with E-state index in [0.29, 0.717) is 23.2 Å². The van der Waals surface area contributed by atoms with Gasteiger partial charge in [-0.2, -0.15) is 0 Å². The summed E-state index contributed by atoms with van der Waals surface area (Å²) in [6.07, 6.45) is 3.13. The van der Waals surface area contributed by atoms with Gasteiger partial charge in [-0.15, -0.1) is 0 Å². The largest absolute Gasteiger partial charge is 0.376 e. The molecule has 0 radical (unpaired) electrons. The molecular formula is C53H77N9O6. The van der Waals surface area contributed by atoms with Gasteiger partial charge in [0, 0.05) is 48.0 Å². The predicted octanol–water partition coefficient (Wildman–Crippen LogP) is 4.87. The van der Waals surface area contributed by atoms with Crippen molar-refractivity contribution in [3.8, 4) is 0 Å². The molecule has 3 aromatic carbocycles. The van der Waals surface area contributed by atoms with Crippen molar-refractivity contribution >= 4 is 46.2 Å². The van der Waals surface area contributed by atoms with Gasteiger partial charge in [-0.1, -0.05) is 91.4 Å². The number of amides is 6. The number of rotatable bonds is 20. The van der Waals surface area contributed by atoms with Crippen molar-refractivity contribution in [1.29, 1.82) is 0 Å². The molecule has 1 heterocycles. The Balaban J connectivity index is 1.28. The van der Waals surface area contributed by atoms with Crippen LogP contribution in [0.3, 0.4) is 0 Å². The third-order valence-corrected chi connectivity index (χ3v) is 13.6. The van der Waals surface area contributed by atoms with Crippen LogP contribution in [0.4, 0.5) is 0 Å². The van der Waals surface area contributed by atoms with Crippen LogP contribution in [0.2, 0.25) is 0 Å². The summed E-state index contributed by atoms with van der Waals surface area (Å²) in [6.45, 7) is 22.1. The molecule has 0 saturated carbocycles. The number of nitrogens with zero attached hydrogens (tertiary/aromatic N) is 1. The zero-order valence-corrected chi connectivity index (χ0v) is 42.1. The van der Waals surface area contributed by atoms with Gasteiger partial charge in [-0.3, -0.25) is 28.8 Å². The topological polar surface area (TPSA) is 202 Å². The fourth-order valence-corrected chi connectivity index (χ4v) is 9.03. The Hall–Kier alpha value is -5.80. The fourth-order valence-electron chi connectivity index (χ4n) is 9.03. The SMILES string of the molecule is C=C(N[C@@H](CCNC(=O)c1ccc2cc(C(=O)N[C@H]3C[C@@H](C(=O)NC4CCCc5ccccc54)N(C(=O)C(NC(=O)[C@H](C)NC)C(C)(C)C)C3)ccc2c1)C(=O)NC(C)C(C)C)C(NC)C(C)C. The number of fused-ring (bicyclic) bond motifs is 2. The van der Waals surface area contributed by atoms with Gasteiger partial charge in [-0.05, 0) is 123 Å². The molecule has 1 fully saturated rings. The van der Waals surface area contributed by atoms with E-state index >= 15 is 0 Å². The van der Waals surface area contributed by atoms with Crippen LogP contribution in [-0.2, 0) is 25.6 Å². The first-order valence-electron chi connectivity index (χ1n) is 24.4. The van der Waals surface area contributed by atoms with E-state index in [1.807, 2.05) is 66.8 Å². The smallest absolute Gasteiger partial charge is 0.251 e. The van der Waals surface area contributed by atoms with E-state index in [0.717, 1.165) is 35.6 Å². The molecule has 0 aromatic heterocycles. The average Bonchev–Trinajstić information content (AvgIpc) is 3.73. The van der Waals surface area contributed by atoms with E-state index in [2.05, 4.69) is 69.0 Å². The van der Waals surface area contributed by atoms with Crippen LogP contribution >= 0.6 is 0 Å². The number of hydrogen-bond donors (Lipinski definition) is 8. The molecule has 4 unspecified atom stereocenters. The second kappa shape index (κ2) is 23.5. The summed E-state index contributed by atoms with van der Waals surface area (Å²) in [6, 6.07) is 14.7. The number of carbonyl (C=O) groups excluding carboxylic acids is 6. The molecule has 0 spiro atoms. The minimum absolute atomic E-state index is 0.0376. The molecule has 15 heteroatoms. The third kappa shape index (κ3) is 13.5. The van der Waals surface area contributed by atoms with E-state index in [-0.39, 0.29) is 79.0 Å². The maximum atomic E-state index is 14.6. The van der Waals surface area contributed by atoms with E-state index in [4.69, 9.17) is 0 Å². The van der Waals surface area contributed by atoms with Gasteiger partial charge in [0.25, 0.3) is 11.8 Å². The summed E-state index contributed by atoms with van der Waals surface area (Å²) in [5, 5.41) is 26.3. The van der Waals surface area contributed by atoms with E-state index in [1.54, 1.807) is 50.4 Å². The summed E-state index contributed by atoms with van der Waals surface area (Å²) < 4.78 is 0. The lowest BCUT2D eigenvalue weighted by molar-refractivity contribution is -0.144. The quantitative estimate of drug-likeness (QED) is 0.0779. The van der Waals surface area contributed by atoms with Gasteiger partial charge in [0.2, 0.25) is 23.6 Å². The van der Waals surface area contributed by atoms with Crippen molar-refractivity contribution < 1.29 is 28.8 Å². The summed E-state index contributed by atoms with van der Waals surface area (Å²) in [5.74, 6) is -1.38. The van der Waals surface area contributed by atoms with Gasteiger partial charge in [0.05, 0.1) is 12.1 Å². The number of nitrogens with one attached hydrogen (secondary N) is 8. The van der Waals surface area contributed by atoms with Crippen molar-refractivity contribution in [2.45, 2.75) is 143 Å². The molecule has 15 nitrogen and oxygen atoms in total. The first-order chi connectivity index (χ1) is 32.1. The van der Waals surface area contributed by atoms with E-state index < -0.39 is 41.5 Å². The molecule has 1 aliphatic heterocycles. The highest BCUT2D eigenvalue weighted by Crippen LogP contribution is 2.32. The summed E-state index contributed by atoms with van der Waals surface area (Å²) >= 11 is 0. The van der Waals surface area contributed by atoms with Crippen LogP contribution in [0.15, 0.2) is 72.9 Å². The second-order valence-corrected chi connectivity index (χ2v) is 20.5. The highest BCUT2D eigenvalue weighted by molar-refractivity contribution is 6.02. The Bertz CT molecular complexity index is 2310. The summed E-state index contributed by atoms with van der Waals surface area (Å²) in [5.41, 5.74) is 3.08. The highest BCUT2D eigenvalue weighted by atomic mass is 16.2. The Morgan fingerprint density at radius 3 is 2.01 bits per heavy atom. The first kappa shape index (κ1) is 53.2. The summed E-state index contributed by atoms with van der Waals surface area (Å²) in [4.78, 5) is 84.3. The normalized spacial score (nSPS) is 19.2. The number of benzene rings is 3. The molecule has 8 N–H and O–H groups in total. The number of aryl methyl sites for hydroxylation is 1. The molecule has 0 bridgehead atoms. The van der Waals surface area contributed by atoms with Crippen LogP contribution in [0, 0.1) is 17.3 Å². The molecule has 6 amide bonds. The lowest BCUT2D eigenvalue weighted by Gasteiger charge is -2.36. The van der Waals surface area contributed by atoms with Crippen molar-refractivity contribution in [3.05, 3.63) is 95.2 Å². The minimum atomic E-state index is -0.941. The Kier molecular flexibility index (Phi) is 18.4. The number of likely N-dealkylation sites (tertiary alicyclic amines) is 1. The molecule has 1 saturated heterocycles.